The molecule has 0 N–H and O–H groups in total. The number of thioether (sulfide) groups is 1. The van der Waals surface area contributed by atoms with Crippen molar-refractivity contribution >= 4 is 39.1 Å². The topological polar surface area (TPSA) is 74.2 Å². The fraction of sp³-hybridized carbons (Fsp3) is 0.250. The molecular formula is C16H13N3O3S2. The molecule has 0 spiro atoms. The Morgan fingerprint density at radius 3 is 2.96 bits per heavy atom. The van der Waals surface area contributed by atoms with Crippen molar-refractivity contribution < 1.29 is 14.3 Å². The van der Waals surface area contributed by atoms with Crippen LogP contribution in [0, 0.1) is 6.92 Å². The van der Waals surface area contributed by atoms with Crippen molar-refractivity contribution in [1.29, 1.82) is 0 Å². The molecule has 0 fully saturated rings. The van der Waals surface area contributed by atoms with Crippen LogP contribution in [0.4, 0.5) is 0 Å². The quantitative estimate of drug-likeness (QED) is 0.660. The molecule has 0 amide bonds. The lowest BCUT2D eigenvalue weighted by Gasteiger charge is -2.05. The Morgan fingerprint density at radius 2 is 2.12 bits per heavy atom. The molecule has 1 aliphatic heterocycles. The average Bonchev–Trinajstić information content (AvgIpc) is 3.17. The van der Waals surface area contributed by atoms with Crippen LogP contribution in [-0.4, -0.2) is 33.5 Å². The van der Waals surface area contributed by atoms with E-state index < -0.39 is 0 Å². The number of hydrogen-bond donors (Lipinski definition) is 0. The van der Waals surface area contributed by atoms with Crippen LogP contribution in [0.3, 0.4) is 0 Å². The Morgan fingerprint density at radius 1 is 1.29 bits per heavy atom. The van der Waals surface area contributed by atoms with E-state index in [-0.39, 0.29) is 12.6 Å². The third-order valence-electron chi connectivity index (χ3n) is 3.45. The van der Waals surface area contributed by atoms with Gasteiger partial charge in [0.05, 0.1) is 15.5 Å². The minimum atomic E-state index is 0.0988. The molecule has 3 aromatic rings. The normalized spacial score (nSPS) is 12.8. The average molecular weight is 359 g/mol. The molecule has 1 aromatic carbocycles. The maximum Gasteiger partial charge on any atom is 0.231 e. The minimum absolute atomic E-state index is 0.0988. The first kappa shape index (κ1) is 15.3. The summed E-state index contributed by atoms with van der Waals surface area (Å²) in [5.74, 6) is 1.90. The standard InChI is InChI=1S/C16H13N3O3S2/c1-8(20)6-23-16-14-15(24-9(2)17-14)13(18-19-16)10-3-4-11-12(5-10)22-7-21-11/h3-5H,6-7H2,1-2H3. The van der Waals surface area contributed by atoms with Gasteiger partial charge >= 0.3 is 0 Å². The highest BCUT2D eigenvalue weighted by atomic mass is 32.2. The smallest absolute Gasteiger partial charge is 0.231 e. The molecule has 122 valence electrons. The van der Waals surface area contributed by atoms with Gasteiger partial charge < -0.3 is 9.47 Å². The molecule has 0 unspecified atom stereocenters. The Hall–Kier alpha value is -2.19. The zero-order valence-corrected chi connectivity index (χ0v) is 14.7. The number of nitrogens with zero attached hydrogens (tertiary/aromatic N) is 3. The third kappa shape index (κ3) is 2.71. The predicted molar refractivity (Wildman–Crippen MR) is 92.9 cm³/mol. The number of fused-ring (bicyclic) bond motifs is 2. The molecular weight excluding hydrogens is 346 g/mol. The van der Waals surface area contributed by atoms with Gasteiger partial charge in [0, 0.05) is 5.56 Å². The number of aryl methyl sites for hydroxylation is 1. The van der Waals surface area contributed by atoms with E-state index in [1.165, 1.54) is 11.8 Å². The fourth-order valence-electron chi connectivity index (χ4n) is 2.42. The van der Waals surface area contributed by atoms with E-state index in [9.17, 15) is 4.79 Å². The molecule has 3 heterocycles. The zero-order chi connectivity index (χ0) is 16.7. The number of Topliss-reactive ketones (excluding diaryl/α,β-unsaturated/α-hetero) is 1. The number of carbonyl (C=O) groups is 1. The van der Waals surface area contributed by atoms with Gasteiger partial charge in [0.2, 0.25) is 6.79 Å². The highest BCUT2D eigenvalue weighted by Crippen LogP contribution is 2.39. The molecule has 0 saturated carbocycles. The van der Waals surface area contributed by atoms with E-state index in [0.29, 0.717) is 16.5 Å². The van der Waals surface area contributed by atoms with Crippen LogP contribution in [0.5, 0.6) is 11.5 Å². The van der Waals surface area contributed by atoms with Gasteiger partial charge in [0.25, 0.3) is 0 Å². The molecule has 0 radical (unpaired) electrons. The first-order valence-corrected chi connectivity index (χ1v) is 9.08. The van der Waals surface area contributed by atoms with E-state index in [1.807, 2.05) is 25.1 Å². The number of hydrogen-bond acceptors (Lipinski definition) is 8. The number of rotatable bonds is 4. The highest BCUT2D eigenvalue weighted by molar-refractivity contribution is 8.00. The van der Waals surface area contributed by atoms with Crippen LogP contribution >= 0.6 is 23.1 Å². The Labute approximate surface area is 146 Å². The summed E-state index contributed by atoms with van der Waals surface area (Å²) in [6.45, 7) is 3.75. The summed E-state index contributed by atoms with van der Waals surface area (Å²) in [6, 6.07) is 5.72. The van der Waals surface area contributed by atoms with Gasteiger partial charge in [-0.05, 0) is 32.0 Å². The lowest BCUT2D eigenvalue weighted by atomic mass is 10.1. The van der Waals surface area contributed by atoms with Crippen molar-refractivity contribution in [2.75, 3.05) is 12.5 Å². The second-order valence-corrected chi connectivity index (χ2v) is 7.49. The maximum atomic E-state index is 11.2. The van der Waals surface area contributed by atoms with E-state index in [2.05, 4.69) is 15.2 Å². The summed E-state index contributed by atoms with van der Waals surface area (Å²) in [4.78, 5) is 15.8. The van der Waals surface area contributed by atoms with Gasteiger partial charge in [-0.3, -0.25) is 4.79 Å². The zero-order valence-electron chi connectivity index (χ0n) is 13.0. The van der Waals surface area contributed by atoms with Gasteiger partial charge in [-0.25, -0.2) is 4.98 Å². The van der Waals surface area contributed by atoms with Gasteiger partial charge in [-0.2, -0.15) is 0 Å². The molecule has 4 rings (SSSR count). The number of ketones is 1. The van der Waals surface area contributed by atoms with Crippen LogP contribution in [-0.2, 0) is 4.79 Å². The van der Waals surface area contributed by atoms with Crippen molar-refractivity contribution in [3.63, 3.8) is 0 Å². The molecule has 6 nitrogen and oxygen atoms in total. The van der Waals surface area contributed by atoms with Crippen LogP contribution in [0.1, 0.15) is 11.9 Å². The van der Waals surface area contributed by atoms with Crippen molar-refractivity contribution in [3.8, 4) is 22.8 Å². The highest BCUT2D eigenvalue weighted by Gasteiger charge is 2.19. The first-order chi connectivity index (χ1) is 11.6. The van der Waals surface area contributed by atoms with E-state index >= 15 is 0 Å². The minimum Gasteiger partial charge on any atom is -0.454 e. The second-order valence-electron chi connectivity index (χ2n) is 5.32. The Bertz CT molecular complexity index is 955. The van der Waals surface area contributed by atoms with Gasteiger partial charge in [-0.15, -0.1) is 21.5 Å². The molecule has 8 heteroatoms. The molecule has 0 saturated heterocycles. The largest absolute Gasteiger partial charge is 0.454 e. The second kappa shape index (κ2) is 6.03. The van der Waals surface area contributed by atoms with Gasteiger partial charge in [0.15, 0.2) is 11.5 Å². The summed E-state index contributed by atoms with van der Waals surface area (Å²) in [7, 11) is 0. The third-order valence-corrected chi connectivity index (χ3v) is 5.53. The molecule has 1 aliphatic rings. The number of aromatic nitrogens is 3. The lowest BCUT2D eigenvalue weighted by molar-refractivity contribution is -0.114. The molecule has 2 aromatic heterocycles. The van der Waals surface area contributed by atoms with Crippen LogP contribution in [0.2, 0.25) is 0 Å². The van der Waals surface area contributed by atoms with Crippen molar-refractivity contribution in [3.05, 3.63) is 23.2 Å². The number of thiazole rings is 1. The maximum absolute atomic E-state index is 11.2. The lowest BCUT2D eigenvalue weighted by Crippen LogP contribution is -1.97. The number of ether oxygens (including phenoxy) is 2. The summed E-state index contributed by atoms with van der Waals surface area (Å²) < 4.78 is 11.8. The molecule has 0 bridgehead atoms. The van der Waals surface area contributed by atoms with Crippen molar-refractivity contribution in [2.45, 2.75) is 18.9 Å². The van der Waals surface area contributed by atoms with Crippen LogP contribution < -0.4 is 9.47 Å². The Balaban J connectivity index is 1.82. The van der Waals surface area contributed by atoms with Gasteiger partial charge in [0.1, 0.15) is 22.0 Å². The summed E-state index contributed by atoms with van der Waals surface area (Å²) >= 11 is 2.94. The first-order valence-electron chi connectivity index (χ1n) is 7.28. The summed E-state index contributed by atoms with van der Waals surface area (Å²) in [6.07, 6.45) is 0. The van der Waals surface area contributed by atoms with E-state index in [0.717, 1.165) is 32.2 Å². The SMILES string of the molecule is CC(=O)CSc1nnc(-c2ccc3c(c2)OCO3)c2sc(C)nc12. The molecule has 0 aliphatic carbocycles. The fourth-order valence-corrected chi connectivity index (χ4v) is 4.13. The number of carbonyl (C=O) groups excluding carboxylic acids is 1. The van der Waals surface area contributed by atoms with Crippen molar-refractivity contribution in [2.24, 2.45) is 0 Å². The van der Waals surface area contributed by atoms with E-state index in [1.54, 1.807) is 18.3 Å². The van der Waals surface area contributed by atoms with Crippen LogP contribution in [0.15, 0.2) is 23.2 Å². The molecule has 0 atom stereocenters. The van der Waals surface area contributed by atoms with Crippen LogP contribution in [0.25, 0.3) is 21.5 Å². The van der Waals surface area contributed by atoms with E-state index in [4.69, 9.17) is 9.47 Å². The van der Waals surface area contributed by atoms with Gasteiger partial charge in [-0.1, -0.05) is 11.8 Å². The van der Waals surface area contributed by atoms with Crippen molar-refractivity contribution in [1.82, 2.24) is 15.2 Å². The number of benzene rings is 1. The predicted octanol–water partition coefficient (Wildman–Crippen LogP) is 3.47. The summed E-state index contributed by atoms with van der Waals surface area (Å²) in [5.41, 5.74) is 2.47. The summed E-state index contributed by atoms with van der Waals surface area (Å²) in [5, 5.41) is 10.3. The molecule has 24 heavy (non-hydrogen) atoms. The Kier molecular flexibility index (Phi) is 3.85. The monoisotopic (exact) mass is 359 g/mol.